The van der Waals surface area contributed by atoms with Crippen molar-refractivity contribution in [2.75, 3.05) is 52.9 Å². The lowest BCUT2D eigenvalue weighted by molar-refractivity contribution is -0.135. The largest absolute Gasteiger partial charge is 0.497 e. The SMILES string of the molecule is COc1ccc(CN2CC(C(=O)N3CCC(N4CCNCC4)C3)CC2=O)cc1. The van der Waals surface area contributed by atoms with E-state index < -0.39 is 0 Å². The quantitative estimate of drug-likeness (QED) is 0.801. The first-order valence-corrected chi connectivity index (χ1v) is 10.3. The van der Waals surface area contributed by atoms with Gasteiger partial charge < -0.3 is 19.9 Å². The molecule has 1 aromatic rings. The van der Waals surface area contributed by atoms with Gasteiger partial charge in [-0.1, -0.05) is 12.1 Å². The summed E-state index contributed by atoms with van der Waals surface area (Å²) < 4.78 is 5.18. The second-order valence-corrected chi connectivity index (χ2v) is 8.04. The number of rotatable bonds is 5. The molecule has 0 aliphatic carbocycles. The standard InChI is InChI=1S/C21H30N4O3/c1-28-19-4-2-16(3-5-19)13-25-14-17(12-20(25)26)21(27)24-9-6-18(15-24)23-10-7-22-8-11-23/h2-5,17-18,22H,6-15H2,1H3. The van der Waals surface area contributed by atoms with E-state index in [4.69, 9.17) is 4.74 Å². The van der Waals surface area contributed by atoms with E-state index in [0.717, 1.165) is 57.0 Å². The van der Waals surface area contributed by atoms with Gasteiger partial charge in [0.05, 0.1) is 13.0 Å². The Labute approximate surface area is 166 Å². The molecule has 7 heteroatoms. The molecule has 1 N–H and O–H groups in total. The van der Waals surface area contributed by atoms with Gasteiger partial charge in [0.15, 0.2) is 0 Å². The fourth-order valence-electron chi connectivity index (χ4n) is 4.59. The van der Waals surface area contributed by atoms with Crippen molar-refractivity contribution in [2.24, 2.45) is 5.92 Å². The molecule has 0 saturated carbocycles. The Morgan fingerprint density at radius 1 is 1.14 bits per heavy atom. The van der Waals surface area contributed by atoms with E-state index in [0.29, 0.717) is 25.6 Å². The topological polar surface area (TPSA) is 65.1 Å². The number of hydrogen-bond donors (Lipinski definition) is 1. The molecule has 2 atom stereocenters. The van der Waals surface area contributed by atoms with E-state index in [9.17, 15) is 9.59 Å². The molecule has 3 heterocycles. The molecule has 1 aromatic carbocycles. The summed E-state index contributed by atoms with van der Waals surface area (Å²) in [4.78, 5) is 31.8. The van der Waals surface area contributed by atoms with Crippen LogP contribution in [0.2, 0.25) is 0 Å². The molecule has 152 valence electrons. The zero-order chi connectivity index (χ0) is 19.5. The molecular weight excluding hydrogens is 356 g/mol. The number of piperazine rings is 1. The van der Waals surface area contributed by atoms with Crippen LogP contribution in [-0.2, 0) is 16.1 Å². The minimum Gasteiger partial charge on any atom is -0.497 e. The Morgan fingerprint density at radius 2 is 1.89 bits per heavy atom. The molecule has 0 aromatic heterocycles. The minimum absolute atomic E-state index is 0.0759. The predicted octanol–water partition coefficient (Wildman–Crippen LogP) is 0.550. The predicted molar refractivity (Wildman–Crippen MR) is 106 cm³/mol. The lowest BCUT2D eigenvalue weighted by Crippen LogP contribution is -2.49. The molecule has 3 fully saturated rings. The maximum Gasteiger partial charge on any atom is 0.228 e. The van der Waals surface area contributed by atoms with Crippen molar-refractivity contribution < 1.29 is 14.3 Å². The summed E-state index contributed by atoms with van der Waals surface area (Å²) >= 11 is 0. The van der Waals surface area contributed by atoms with Gasteiger partial charge in [0, 0.05) is 64.8 Å². The summed E-state index contributed by atoms with van der Waals surface area (Å²) in [6.07, 6.45) is 1.38. The smallest absolute Gasteiger partial charge is 0.228 e. The maximum atomic E-state index is 13.0. The Bertz CT molecular complexity index is 702. The lowest BCUT2D eigenvalue weighted by Gasteiger charge is -2.32. The van der Waals surface area contributed by atoms with Crippen LogP contribution in [0.15, 0.2) is 24.3 Å². The molecule has 7 nitrogen and oxygen atoms in total. The summed E-state index contributed by atoms with van der Waals surface area (Å²) in [5.74, 6) is 0.834. The van der Waals surface area contributed by atoms with Gasteiger partial charge in [0.25, 0.3) is 0 Å². The summed E-state index contributed by atoms with van der Waals surface area (Å²) in [6, 6.07) is 8.22. The third-order valence-corrected chi connectivity index (χ3v) is 6.24. The van der Waals surface area contributed by atoms with Crippen molar-refractivity contribution in [1.82, 2.24) is 20.0 Å². The van der Waals surface area contributed by atoms with Crippen molar-refractivity contribution in [3.63, 3.8) is 0 Å². The van der Waals surface area contributed by atoms with Gasteiger partial charge in [-0.15, -0.1) is 0 Å². The average Bonchev–Trinajstić information content (AvgIpc) is 3.36. The number of methoxy groups -OCH3 is 1. The van der Waals surface area contributed by atoms with Crippen LogP contribution >= 0.6 is 0 Å². The number of nitrogens with zero attached hydrogens (tertiary/aromatic N) is 3. The number of hydrogen-bond acceptors (Lipinski definition) is 5. The minimum atomic E-state index is -0.201. The van der Waals surface area contributed by atoms with Crippen molar-refractivity contribution >= 4 is 11.8 Å². The third kappa shape index (κ3) is 4.15. The van der Waals surface area contributed by atoms with Gasteiger partial charge in [-0.2, -0.15) is 0 Å². The van der Waals surface area contributed by atoms with Crippen LogP contribution in [0.4, 0.5) is 0 Å². The van der Waals surface area contributed by atoms with Gasteiger partial charge in [0.2, 0.25) is 11.8 Å². The maximum absolute atomic E-state index is 13.0. The van der Waals surface area contributed by atoms with E-state index in [2.05, 4.69) is 10.2 Å². The number of ether oxygens (including phenoxy) is 1. The number of amides is 2. The fraction of sp³-hybridized carbons (Fsp3) is 0.619. The zero-order valence-corrected chi connectivity index (χ0v) is 16.6. The summed E-state index contributed by atoms with van der Waals surface area (Å²) in [6.45, 7) is 6.88. The molecule has 2 amide bonds. The second-order valence-electron chi connectivity index (χ2n) is 8.04. The highest BCUT2D eigenvalue weighted by Crippen LogP contribution is 2.25. The van der Waals surface area contributed by atoms with E-state index in [-0.39, 0.29) is 17.7 Å². The van der Waals surface area contributed by atoms with Crippen molar-refractivity contribution in [3.8, 4) is 5.75 Å². The highest BCUT2D eigenvalue weighted by Gasteiger charge is 2.39. The number of benzene rings is 1. The lowest BCUT2D eigenvalue weighted by atomic mass is 10.1. The van der Waals surface area contributed by atoms with Gasteiger partial charge in [-0.3, -0.25) is 14.5 Å². The molecular formula is C21H30N4O3. The first-order valence-electron chi connectivity index (χ1n) is 10.3. The van der Waals surface area contributed by atoms with Gasteiger partial charge in [0.1, 0.15) is 5.75 Å². The molecule has 0 bridgehead atoms. The molecule has 4 rings (SSSR count). The van der Waals surface area contributed by atoms with E-state index in [1.54, 1.807) is 7.11 Å². The van der Waals surface area contributed by atoms with Gasteiger partial charge in [-0.25, -0.2) is 0 Å². The second kappa shape index (κ2) is 8.49. The Kier molecular flexibility index (Phi) is 5.82. The third-order valence-electron chi connectivity index (χ3n) is 6.24. The molecule has 28 heavy (non-hydrogen) atoms. The van der Waals surface area contributed by atoms with Crippen LogP contribution in [-0.4, -0.2) is 85.5 Å². The first-order chi connectivity index (χ1) is 13.6. The fourth-order valence-corrected chi connectivity index (χ4v) is 4.59. The molecule has 3 aliphatic heterocycles. The molecule has 3 saturated heterocycles. The summed E-state index contributed by atoms with van der Waals surface area (Å²) in [5, 5.41) is 3.38. The van der Waals surface area contributed by atoms with Gasteiger partial charge in [-0.05, 0) is 24.1 Å². The molecule has 0 radical (unpaired) electrons. The van der Waals surface area contributed by atoms with E-state index in [1.807, 2.05) is 34.1 Å². The van der Waals surface area contributed by atoms with E-state index >= 15 is 0 Å². The van der Waals surface area contributed by atoms with Crippen LogP contribution in [0, 0.1) is 5.92 Å². The van der Waals surface area contributed by atoms with Crippen molar-refractivity contribution in [3.05, 3.63) is 29.8 Å². The number of carbonyl (C=O) groups is 2. The normalized spacial score (nSPS) is 26.1. The average molecular weight is 386 g/mol. The monoisotopic (exact) mass is 386 g/mol. The van der Waals surface area contributed by atoms with Crippen molar-refractivity contribution in [2.45, 2.75) is 25.4 Å². The highest BCUT2D eigenvalue weighted by molar-refractivity contribution is 5.89. The van der Waals surface area contributed by atoms with E-state index in [1.165, 1.54) is 0 Å². The van der Waals surface area contributed by atoms with Crippen molar-refractivity contribution in [1.29, 1.82) is 0 Å². The Morgan fingerprint density at radius 3 is 2.61 bits per heavy atom. The first kappa shape index (κ1) is 19.2. The van der Waals surface area contributed by atoms with Crippen LogP contribution in [0.25, 0.3) is 0 Å². The Hall–Kier alpha value is -2.12. The van der Waals surface area contributed by atoms with Crippen LogP contribution in [0.5, 0.6) is 5.75 Å². The molecule has 0 spiro atoms. The van der Waals surface area contributed by atoms with Crippen LogP contribution in [0.3, 0.4) is 0 Å². The Balaban J connectivity index is 1.31. The van der Waals surface area contributed by atoms with Crippen LogP contribution < -0.4 is 10.1 Å². The summed E-state index contributed by atoms with van der Waals surface area (Å²) in [5.41, 5.74) is 1.06. The zero-order valence-electron chi connectivity index (χ0n) is 16.6. The summed E-state index contributed by atoms with van der Waals surface area (Å²) in [7, 11) is 1.64. The molecule has 2 unspecified atom stereocenters. The number of nitrogens with one attached hydrogen (secondary N) is 1. The van der Waals surface area contributed by atoms with Gasteiger partial charge >= 0.3 is 0 Å². The molecule has 3 aliphatic rings. The number of likely N-dealkylation sites (tertiary alicyclic amines) is 2. The number of carbonyl (C=O) groups excluding carboxylic acids is 2. The highest BCUT2D eigenvalue weighted by atomic mass is 16.5. The van der Waals surface area contributed by atoms with Crippen LogP contribution in [0.1, 0.15) is 18.4 Å².